The maximum atomic E-state index is 12.4. The molecule has 0 unspecified atom stereocenters. The highest BCUT2D eigenvalue weighted by molar-refractivity contribution is 7.13. The summed E-state index contributed by atoms with van der Waals surface area (Å²) in [4.78, 5) is 18.1. The number of aromatic nitrogens is 5. The molecule has 0 atom stereocenters. The third-order valence-electron chi connectivity index (χ3n) is 3.62. The van der Waals surface area contributed by atoms with Crippen LogP contribution in [0.5, 0.6) is 0 Å². The van der Waals surface area contributed by atoms with Gasteiger partial charge in [-0.05, 0) is 18.4 Å². The zero-order chi connectivity index (χ0) is 15.3. The normalized spacial score (nSPS) is 11.4. The first-order chi connectivity index (χ1) is 10.6. The van der Waals surface area contributed by atoms with Gasteiger partial charge in [-0.15, -0.1) is 11.3 Å². The van der Waals surface area contributed by atoms with E-state index in [1.54, 1.807) is 22.2 Å². The van der Waals surface area contributed by atoms with Gasteiger partial charge in [0.2, 0.25) is 0 Å². The van der Waals surface area contributed by atoms with Gasteiger partial charge in [-0.1, -0.05) is 6.07 Å². The summed E-state index contributed by atoms with van der Waals surface area (Å²) in [6.07, 6.45) is 3.56. The van der Waals surface area contributed by atoms with E-state index in [1.807, 2.05) is 37.7 Å². The quantitative estimate of drug-likeness (QED) is 0.618. The molecule has 0 saturated carbocycles. The number of nitrogens with one attached hydrogen (secondary N) is 1. The highest BCUT2D eigenvalue weighted by Gasteiger charge is 2.15. The topological polar surface area (TPSA) is 68.0 Å². The fourth-order valence-corrected chi connectivity index (χ4v) is 3.29. The molecular formula is C15H13N5OS. The molecular weight excluding hydrogens is 298 g/mol. The maximum absolute atomic E-state index is 12.4. The SMILES string of the molecule is Cc1c(-c2cccs2)[nH]n2c(=O)cc(-c3cnn(C)c3)nc12. The molecule has 4 heterocycles. The Morgan fingerprint density at radius 3 is 2.91 bits per heavy atom. The van der Waals surface area contributed by atoms with Crippen LogP contribution in [-0.2, 0) is 7.05 Å². The van der Waals surface area contributed by atoms with Gasteiger partial charge in [0.1, 0.15) is 0 Å². The van der Waals surface area contributed by atoms with Crippen LogP contribution in [0.25, 0.3) is 27.5 Å². The maximum Gasteiger partial charge on any atom is 0.273 e. The van der Waals surface area contributed by atoms with Gasteiger partial charge in [0, 0.05) is 30.4 Å². The second kappa shape index (κ2) is 4.67. The highest BCUT2D eigenvalue weighted by Crippen LogP contribution is 2.28. The Bertz CT molecular complexity index is 1020. The zero-order valence-corrected chi connectivity index (χ0v) is 12.9. The summed E-state index contributed by atoms with van der Waals surface area (Å²) in [5.74, 6) is 0. The number of H-pyrrole nitrogens is 1. The lowest BCUT2D eigenvalue weighted by molar-refractivity contribution is 0.768. The van der Waals surface area contributed by atoms with Gasteiger partial charge in [0.15, 0.2) is 5.65 Å². The summed E-state index contributed by atoms with van der Waals surface area (Å²) in [5, 5.41) is 9.29. The summed E-state index contributed by atoms with van der Waals surface area (Å²) in [5.41, 5.74) is 3.89. The van der Waals surface area contributed by atoms with Gasteiger partial charge in [0.25, 0.3) is 5.56 Å². The lowest BCUT2D eigenvalue weighted by Gasteiger charge is -1.98. The monoisotopic (exact) mass is 311 g/mol. The molecule has 6 nitrogen and oxygen atoms in total. The molecule has 0 fully saturated rings. The van der Waals surface area contributed by atoms with E-state index in [0.717, 1.165) is 21.7 Å². The van der Waals surface area contributed by atoms with Crippen LogP contribution >= 0.6 is 11.3 Å². The van der Waals surface area contributed by atoms with Crippen LogP contribution in [0, 0.1) is 6.92 Å². The Morgan fingerprint density at radius 2 is 2.23 bits per heavy atom. The second-order valence-electron chi connectivity index (χ2n) is 5.13. The first kappa shape index (κ1) is 13.0. The Morgan fingerprint density at radius 1 is 1.36 bits per heavy atom. The van der Waals surface area contributed by atoms with E-state index < -0.39 is 0 Å². The number of aromatic amines is 1. The largest absolute Gasteiger partial charge is 0.288 e. The minimum absolute atomic E-state index is 0.130. The molecule has 4 aromatic rings. The summed E-state index contributed by atoms with van der Waals surface area (Å²) in [7, 11) is 1.84. The number of nitrogens with zero attached hydrogens (tertiary/aromatic N) is 4. The predicted molar refractivity (Wildman–Crippen MR) is 86.1 cm³/mol. The molecule has 0 saturated heterocycles. The number of rotatable bonds is 2. The van der Waals surface area contributed by atoms with Crippen molar-refractivity contribution >= 4 is 17.0 Å². The minimum Gasteiger partial charge on any atom is -0.288 e. The number of aryl methyl sites for hydroxylation is 2. The Balaban J connectivity index is 1.98. The van der Waals surface area contributed by atoms with Crippen molar-refractivity contribution in [1.29, 1.82) is 0 Å². The van der Waals surface area contributed by atoms with Crippen molar-refractivity contribution in [2.75, 3.05) is 0 Å². The first-order valence-corrected chi connectivity index (χ1v) is 7.67. The van der Waals surface area contributed by atoms with E-state index in [-0.39, 0.29) is 5.56 Å². The van der Waals surface area contributed by atoms with Crippen molar-refractivity contribution in [3.63, 3.8) is 0 Å². The lowest BCUT2D eigenvalue weighted by Crippen LogP contribution is -2.14. The average molecular weight is 311 g/mol. The smallest absolute Gasteiger partial charge is 0.273 e. The second-order valence-corrected chi connectivity index (χ2v) is 6.08. The fraction of sp³-hybridized carbons (Fsp3) is 0.133. The summed E-state index contributed by atoms with van der Waals surface area (Å²) < 4.78 is 3.18. The van der Waals surface area contributed by atoms with E-state index in [1.165, 1.54) is 10.6 Å². The Hall–Kier alpha value is -2.67. The molecule has 0 amide bonds. The molecule has 0 bridgehead atoms. The van der Waals surface area contributed by atoms with E-state index in [0.29, 0.717) is 11.3 Å². The number of fused-ring (bicyclic) bond motifs is 1. The van der Waals surface area contributed by atoms with Crippen molar-refractivity contribution in [3.8, 4) is 21.8 Å². The molecule has 22 heavy (non-hydrogen) atoms. The summed E-state index contributed by atoms with van der Waals surface area (Å²) >= 11 is 1.63. The van der Waals surface area contributed by atoms with Crippen molar-refractivity contribution in [3.05, 3.63) is 51.9 Å². The first-order valence-electron chi connectivity index (χ1n) is 6.79. The van der Waals surface area contributed by atoms with E-state index in [2.05, 4.69) is 15.2 Å². The molecule has 0 radical (unpaired) electrons. The van der Waals surface area contributed by atoms with Gasteiger partial charge in [0.05, 0.1) is 22.5 Å². The average Bonchev–Trinajstić information content (AvgIpc) is 3.20. The molecule has 7 heteroatoms. The number of thiophene rings is 1. The standard InChI is InChI=1S/C15H13N5OS/c1-9-14(12-4-3-5-22-12)18-20-13(21)6-11(17-15(9)20)10-7-16-19(2)8-10/h3-8,18H,1-2H3. The highest BCUT2D eigenvalue weighted by atomic mass is 32.1. The van der Waals surface area contributed by atoms with E-state index in [4.69, 9.17) is 0 Å². The van der Waals surface area contributed by atoms with Gasteiger partial charge in [-0.3, -0.25) is 14.6 Å². The van der Waals surface area contributed by atoms with Crippen LogP contribution in [0.4, 0.5) is 0 Å². The minimum atomic E-state index is -0.130. The molecule has 0 aliphatic rings. The van der Waals surface area contributed by atoms with Crippen LogP contribution in [0.2, 0.25) is 0 Å². The van der Waals surface area contributed by atoms with Gasteiger partial charge >= 0.3 is 0 Å². The van der Waals surface area contributed by atoms with Crippen molar-refractivity contribution in [2.45, 2.75) is 6.92 Å². The van der Waals surface area contributed by atoms with Gasteiger partial charge < -0.3 is 0 Å². The molecule has 110 valence electrons. The van der Waals surface area contributed by atoms with Crippen molar-refractivity contribution in [1.82, 2.24) is 24.4 Å². The molecule has 4 rings (SSSR count). The van der Waals surface area contributed by atoms with Crippen molar-refractivity contribution in [2.24, 2.45) is 7.05 Å². The summed E-state index contributed by atoms with van der Waals surface area (Å²) in [6.45, 7) is 1.97. The van der Waals surface area contributed by atoms with Crippen LogP contribution < -0.4 is 5.56 Å². The summed E-state index contributed by atoms with van der Waals surface area (Å²) in [6, 6.07) is 5.54. The van der Waals surface area contributed by atoms with Gasteiger partial charge in [-0.25, -0.2) is 9.50 Å². The zero-order valence-electron chi connectivity index (χ0n) is 12.1. The third-order valence-corrected chi connectivity index (χ3v) is 4.51. The van der Waals surface area contributed by atoms with Crippen LogP contribution in [0.1, 0.15) is 5.56 Å². The molecule has 0 aromatic carbocycles. The van der Waals surface area contributed by atoms with Crippen molar-refractivity contribution < 1.29 is 0 Å². The van der Waals surface area contributed by atoms with Crippen LogP contribution in [0.15, 0.2) is 40.8 Å². The molecule has 0 aliphatic heterocycles. The molecule has 1 N–H and O–H groups in total. The number of hydrogen-bond acceptors (Lipinski definition) is 4. The predicted octanol–water partition coefficient (Wildman–Crippen LogP) is 2.46. The molecule has 0 spiro atoms. The van der Waals surface area contributed by atoms with Gasteiger partial charge in [-0.2, -0.15) is 5.10 Å². The Kier molecular flexibility index (Phi) is 2.77. The number of hydrogen-bond donors (Lipinski definition) is 1. The fourth-order valence-electron chi connectivity index (χ4n) is 2.51. The molecule has 0 aliphatic carbocycles. The van der Waals surface area contributed by atoms with Crippen LogP contribution in [0.3, 0.4) is 0 Å². The van der Waals surface area contributed by atoms with E-state index in [9.17, 15) is 4.79 Å². The molecule has 4 aromatic heterocycles. The lowest BCUT2D eigenvalue weighted by atomic mass is 10.2. The van der Waals surface area contributed by atoms with Crippen LogP contribution in [-0.4, -0.2) is 24.4 Å². The van der Waals surface area contributed by atoms with E-state index >= 15 is 0 Å². The third kappa shape index (κ3) is 1.90. The Labute approximate surface area is 129 Å².